The minimum Gasteiger partial charge on any atom is -0.497 e. The van der Waals surface area contributed by atoms with Gasteiger partial charge in [0.1, 0.15) is 11.5 Å². The Balaban J connectivity index is 1.97. The van der Waals surface area contributed by atoms with Gasteiger partial charge in [-0.2, -0.15) is 0 Å². The predicted octanol–water partition coefficient (Wildman–Crippen LogP) is 3.60. The molecule has 1 aromatic heterocycles. The highest BCUT2D eigenvalue weighted by Gasteiger charge is 2.34. The number of ether oxygens (including phenoxy) is 3. The van der Waals surface area contributed by atoms with Crippen LogP contribution in [-0.2, 0) is 9.53 Å². The van der Waals surface area contributed by atoms with Crippen molar-refractivity contribution in [2.75, 3.05) is 20.8 Å². The number of carbonyl (C=O) groups is 1. The summed E-state index contributed by atoms with van der Waals surface area (Å²) in [4.78, 5) is 32.3. The minimum absolute atomic E-state index is 0.213. The third-order valence-electron chi connectivity index (χ3n) is 5.72. The van der Waals surface area contributed by atoms with Crippen LogP contribution < -0.4 is 24.4 Å². The van der Waals surface area contributed by atoms with Gasteiger partial charge >= 0.3 is 5.97 Å². The topological polar surface area (TPSA) is 79.1 Å². The predicted molar refractivity (Wildman–Crippen MR) is 136 cm³/mol. The zero-order valence-corrected chi connectivity index (χ0v) is 21.1. The molecule has 0 N–H and O–H groups in total. The summed E-state index contributed by atoms with van der Waals surface area (Å²) in [6.45, 7) is 4.03. The summed E-state index contributed by atoms with van der Waals surface area (Å²) >= 11 is 1.31. The van der Waals surface area contributed by atoms with Crippen molar-refractivity contribution in [3.8, 4) is 11.5 Å². The Morgan fingerprint density at radius 3 is 2.49 bits per heavy atom. The molecule has 1 aliphatic heterocycles. The Kier molecular flexibility index (Phi) is 7.51. The minimum atomic E-state index is -0.667. The van der Waals surface area contributed by atoms with E-state index in [2.05, 4.69) is 0 Å². The molecule has 0 fully saturated rings. The molecule has 0 spiro atoms. The van der Waals surface area contributed by atoms with Crippen molar-refractivity contribution in [3.63, 3.8) is 0 Å². The van der Waals surface area contributed by atoms with Gasteiger partial charge in [-0.25, -0.2) is 9.79 Å². The SMILES string of the molecule is CCCC1=C(C(=O)OCC)C(c2cccc(OC)c2)n2c(s/c(=C\c3ccc(OC)cc3)c2=O)=N1. The van der Waals surface area contributed by atoms with Crippen LogP contribution in [0.3, 0.4) is 0 Å². The molecule has 1 aliphatic rings. The van der Waals surface area contributed by atoms with Gasteiger partial charge in [0.15, 0.2) is 4.80 Å². The molecule has 3 aromatic rings. The van der Waals surface area contributed by atoms with Gasteiger partial charge in [-0.05, 0) is 54.8 Å². The zero-order valence-electron chi connectivity index (χ0n) is 20.2. The van der Waals surface area contributed by atoms with E-state index in [0.717, 1.165) is 23.3 Å². The Bertz CT molecular complexity index is 1430. The third-order valence-corrected chi connectivity index (χ3v) is 6.70. The normalized spacial score (nSPS) is 15.4. The molecule has 2 aromatic carbocycles. The second-order valence-electron chi connectivity index (χ2n) is 7.96. The summed E-state index contributed by atoms with van der Waals surface area (Å²) in [5.74, 6) is 0.919. The van der Waals surface area contributed by atoms with Gasteiger partial charge in [-0.1, -0.05) is 48.9 Å². The van der Waals surface area contributed by atoms with E-state index >= 15 is 0 Å². The van der Waals surface area contributed by atoms with Gasteiger partial charge in [0.05, 0.1) is 42.7 Å². The molecule has 0 amide bonds. The Hall–Kier alpha value is -3.65. The number of nitrogens with zero attached hydrogens (tertiary/aromatic N) is 2. The van der Waals surface area contributed by atoms with Crippen LogP contribution in [0.2, 0.25) is 0 Å². The zero-order chi connectivity index (χ0) is 24.9. The first-order valence-corrected chi connectivity index (χ1v) is 12.3. The fourth-order valence-electron chi connectivity index (χ4n) is 4.10. The van der Waals surface area contributed by atoms with Crippen molar-refractivity contribution >= 4 is 23.4 Å². The average Bonchev–Trinajstić information content (AvgIpc) is 3.18. The van der Waals surface area contributed by atoms with E-state index in [4.69, 9.17) is 19.2 Å². The van der Waals surface area contributed by atoms with Crippen LogP contribution in [0.5, 0.6) is 11.5 Å². The number of methoxy groups -OCH3 is 2. The largest absolute Gasteiger partial charge is 0.497 e. The van der Waals surface area contributed by atoms with Crippen LogP contribution in [-0.4, -0.2) is 31.4 Å². The summed E-state index contributed by atoms with van der Waals surface area (Å²) < 4.78 is 18.2. The maximum atomic E-state index is 13.7. The number of aromatic nitrogens is 1. The second-order valence-corrected chi connectivity index (χ2v) is 8.97. The lowest BCUT2D eigenvalue weighted by atomic mass is 9.94. The Morgan fingerprint density at radius 1 is 1.09 bits per heavy atom. The maximum Gasteiger partial charge on any atom is 0.338 e. The lowest BCUT2D eigenvalue weighted by Gasteiger charge is -2.26. The molecule has 1 unspecified atom stereocenters. The molecule has 0 saturated carbocycles. The number of benzene rings is 2. The molecule has 8 heteroatoms. The van der Waals surface area contributed by atoms with E-state index in [1.807, 2.05) is 61.5 Å². The highest BCUT2D eigenvalue weighted by Crippen LogP contribution is 2.33. The number of rotatable bonds is 8. The summed E-state index contributed by atoms with van der Waals surface area (Å²) in [6, 6.07) is 14.2. The first kappa shape index (κ1) is 24.5. The standard InChI is InChI=1S/C27H28N2O5S/c1-5-8-21-23(26(31)34-6-2)24(18-9-7-10-20(16-18)33-4)29-25(30)22(35-27(29)28-21)15-17-11-13-19(32-3)14-12-17/h7,9-16,24H,5-6,8H2,1-4H3/b22-15-. The van der Waals surface area contributed by atoms with Crippen LogP contribution in [0.1, 0.15) is 43.9 Å². The quantitative estimate of drug-likeness (QED) is 0.449. The second kappa shape index (κ2) is 10.7. The fourth-order valence-corrected chi connectivity index (χ4v) is 5.12. The van der Waals surface area contributed by atoms with Crippen molar-refractivity contribution in [1.82, 2.24) is 4.57 Å². The van der Waals surface area contributed by atoms with E-state index < -0.39 is 12.0 Å². The lowest BCUT2D eigenvalue weighted by molar-refractivity contribution is -0.139. The van der Waals surface area contributed by atoms with E-state index in [0.29, 0.717) is 32.8 Å². The molecule has 0 radical (unpaired) electrons. The van der Waals surface area contributed by atoms with E-state index in [9.17, 15) is 9.59 Å². The van der Waals surface area contributed by atoms with Crippen molar-refractivity contribution < 1.29 is 19.0 Å². The van der Waals surface area contributed by atoms with Gasteiger partial charge in [-0.15, -0.1) is 0 Å². The number of esters is 1. The van der Waals surface area contributed by atoms with Crippen LogP contribution in [0.4, 0.5) is 0 Å². The molecule has 1 atom stereocenters. The van der Waals surface area contributed by atoms with Gasteiger partial charge in [-0.3, -0.25) is 9.36 Å². The van der Waals surface area contributed by atoms with Gasteiger partial charge < -0.3 is 14.2 Å². The summed E-state index contributed by atoms with van der Waals surface area (Å²) in [7, 11) is 3.20. The molecule has 4 rings (SSSR count). The average molecular weight is 493 g/mol. The van der Waals surface area contributed by atoms with Crippen molar-refractivity contribution in [1.29, 1.82) is 0 Å². The monoisotopic (exact) mass is 492 g/mol. The fraction of sp³-hybridized carbons (Fsp3) is 0.296. The van der Waals surface area contributed by atoms with Gasteiger partial charge in [0.2, 0.25) is 0 Å². The first-order valence-electron chi connectivity index (χ1n) is 11.5. The summed E-state index contributed by atoms with van der Waals surface area (Å²) in [6.07, 6.45) is 3.23. The number of carbonyl (C=O) groups excluding carboxylic acids is 1. The van der Waals surface area contributed by atoms with Crippen LogP contribution in [0.25, 0.3) is 6.08 Å². The van der Waals surface area contributed by atoms with Gasteiger partial charge in [0.25, 0.3) is 5.56 Å². The number of fused-ring (bicyclic) bond motifs is 1. The first-order chi connectivity index (χ1) is 17.0. The van der Waals surface area contributed by atoms with Gasteiger partial charge in [0, 0.05) is 0 Å². The molecule has 7 nitrogen and oxygen atoms in total. The van der Waals surface area contributed by atoms with Crippen LogP contribution in [0.15, 0.2) is 69.6 Å². The van der Waals surface area contributed by atoms with Crippen molar-refractivity contribution in [2.24, 2.45) is 4.99 Å². The van der Waals surface area contributed by atoms with E-state index in [1.165, 1.54) is 11.3 Å². The van der Waals surface area contributed by atoms with Crippen LogP contribution >= 0.6 is 11.3 Å². The molecular formula is C27H28N2O5S. The number of hydrogen-bond acceptors (Lipinski definition) is 7. The summed E-state index contributed by atoms with van der Waals surface area (Å²) in [5, 5.41) is 0. The highest BCUT2D eigenvalue weighted by atomic mass is 32.1. The number of hydrogen-bond donors (Lipinski definition) is 0. The van der Waals surface area contributed by atoms with E-state index in [-0.39, 0.29) is 12.2 Å². The van der Waals surface area contributed by atoms with Crippen molar-refractivity contribution in [2.45, 2.75) is 32.7 Å². The Morgan fingerprint density at radius 2 is 1.83 bits per heavy atom. The smallest absolute Gasteiger partial charge is 0.338 e. The maximum absolute atomic E-state index is 13.7. The number of thiazole rings is 1. The molecule has 182 valence electrons. The Labute approximate surface area is 207 Å². The molecule has 35 heavy (non-hydrogen) atoms. The van der Waals surface area contributed by atoms with Crippen LogP contribution in [0, 0.1) is 0 Å². The molecule has 0 bridgehead atoms. The molecule has 2 heterocycles. The van der Waals surface area contributed by atoms with Crippen molar-refractivity contribution in [3.05, 3.63) is 90.6 Å². The third kappa shape index (κ3) is 4.93. The highest BCUT2D eigenvalue weighted by molar-refractivity contribution is 7.07. The molecular weight excluding hydrogens is 464 g/mol. The molecule has 0 aliphatic carbocycles. The summed E-state index contributed by atoms with van der Waals surface area (Å²) in [5.41, 5.74) is 2.46. The lowest BCUT2D eigenvalue weighted by Crippen LogP contribution is -2.40. The van der Waals surface area contributed by atoms with E-state index in [1.54, 1.807) is 25.7 Å². The number of allylic oxidation sites excluding steroid dienone is 1. The molecule has 0 saturated heterocycles.